The number of anilines is 1. The molecule has 0 heterocycles. The summed E-state index contributed by atoms with van der Waals surface area (Å²) >= 11 is 0. The molecular formula is C16H23N3O3. The van der Waals surface area contributed by atoms with Crippen LogP contribution in [0.25, 0.3) is 0 Å². The van der Waals surface area contributed by atoms with E-state index in [1.54, 1.807) is 7.05 Å². The highest BCUT2D eigenvalue weighted by Gasteiger charge is 2.14. The topological polar surface area (TPSA) is 78.5 Å². The van der Waals surface area contributed by atoms with Crippen molar-refractivity contribution >= 4 is 23.4 Å². The molecule has 0 saturated carbocycles. The summed E-state index contributed by atoms with van der Waals surface area (Å²) in [5.41, 5.74) is 2.74. The summed E-state index contributed by atoms with van der Waals surface area (Å²) < 4.78 is 0. The van der Waals surface area contributed by atoms with E-state index in [0.29, 0.717) is 0 Å². The summed E-state index contributed by atoms with van der Waals surface area (Å²) in [5, 5.41) is 5.39. The molecule has 0 spiro atoms. The second kappa shape index (κ2) is 8.17. The lowest BCUT2D eigenvalue weighted by Gasteiger charge is -2.18. The third-order valence-electron chi connectivity index (χ3n) is 3.26. The van der Waals surface area contributed by atoms with Crippen LogP contribution in [0.15, 0.2) is 18.2 Å². The maximum absolute atomic E-state index is 12.0. The number of rotatable bonds is 6. The molecule has 22 heavy (non-hydrogen) atoms. The summed E-state index contributed by atoms with van der Waals surface area (Å²) in [6, 6.07) is 5.77. The Balaban J connectivity index is 2.50. The Kier molecular flexibility index (Phi) is 6.56. The van der Waals surface area contributed by atoms with E-state index in [-0.39, 0.29) is 37.2 Å². The monoisotopic (exact) mass is 305 g/mol. The van der Waals surface area contributed by atoms with Gasteiger partial charge in [-0.05, 0) is 25.0 Å². The van der Waals surface area contributed by atoms with Crippen molar-refractivity contribution in [2.24, 2.45) is 0 Å². The van der Waals surface area contributed by atoms with E-state index in [9.17, 15) is 14.4 Å². The van der Waals surface area contributed by atoms with Gasteiger partial charge in [-0.3, -0.25) is 14.4 Å². The van der Waals surface area contributed by atoms with Gasteiger partial charge in [-0.15, -0.1) is 0 Å². The van der Waals surface area contributed by atoms with E-state index in [1.165, 1.54) is 11.8 Å². The van der Waals surface area contributed by atoms with E-state index in [0.717, 1.165) is 16.8 Å². The summed E-state index contributed by atoms with van der Waals surface area (Å²) in [4.78, 5) is 36.0. The Morgan fingerprint density at radius 2 is 1.73 bits per heavy atom. The zero-order valence-corrected chi connectivity index (χ0v) is 13.5. The number of nitrogens with one attached hydrogen (secondary N) is 2. The first kappa shape index (κ1) is 17.7. The van der Waals surface area contributed by atoms with Crippen LogP contribution in [0.1, 0.15) is 24.5 Å². The number of para-hydroxylation sites is 1. The van der Waals surface area contributed by atoms with E-state index in [2.05, 4.69) is 10.6 Å². The summed E-state index contributed by atoms with van der Waals surface area (Å²) in [6.07, 6.45) is 0.173. The van der Waals surface area contributed by atoms with Crippen molar-refractivity contribution in [1.82, 2.24) is 10.2 Å². The number of carbonyl (C=O) groups excluding carboxylic acids is 3. The zero-order valence-electron chi connectivity index (χ0n) is 13.5. The molecule has 1 aromatic rings. The maximum atomic E-state index is 12.0. The second-order valence-electron chi connectivity index (χ2n) is 5.30. The van der Waals surface area contributed by atoms with Crippen LogP contribution in [0.3, 0.4) is 0 Å². The fourth-order valence-corrected chi connectivity index (χ4v) is 2.03. The highest BCUT2D eigenvalue weighted by molar-refractivity contribution is 5.95. The molecule has 0 bridgehead atoms. The van der Waals surface area contributed by atoms with E-state index in [4.69, 9.17) is 0 Å². The molecule has 0 unspecified atom stereocenters. The molecule has 3 amide bonds. The van der Waals surface area contributed by atoms with Crippen LogP contribution in [0, 0.1) is 13.8 Å². The number of carbonyl (C=O) groups is 3. The van der Waals surface area contributed by atoms with Crippen LogP contribution in [0.2, 0.25) is 0 Å². The first-order valence-electron chi connectivity index (χ1n) is 7.15. The number of amides is 3. The van der Waals surface area contributed by atoms with Gasteiger partial charge in [0.05, 0.1) is 6.54 Å². The van der Waals surface area contributed by atoms with Gasteiger partial charge in [0.25, 0.3) is 0 Å². The van der Waals surface area contributed by atoms with Gasteiger partial charge in [0.15, 0.2) is 0 Å². The Morgan fingerprint density at radius 3 is 2.27 bits per heavy atom. The minimum absolute atomic E-state index is 0.0212. The van der Waals surface area contributed by atoms with E-state index in [1.807, 2.05) is 32.0 Å². The molecule has 6 heteroatoms. The lowest BCUT2D eigenvalue weighted by atomic mass is 10.1. The van der Waals surface area contributed by atoms with E-state index >= 15 is 0 Å². The molecule has 0 aliphatic heterocycles. The maximum Gasteiger partial charge on any atom is 0.243 e. The number of benzene rings is 1. The highest BCUT2D eigenvalue weighted by Crippen LogP contribution is 2.19. The van der Waals surface area contributed by atoms with Crippen molar-refractivity contribution < 1.29 is 14.4 Å². The van der Waals surface area contributed by atoms with Gasteiger partial charge in [-0.1, -0.05) is 18.2 Å². The fourth-order valence-electron chi connectivity index (χ4n) is 2.03. The lowest BCUT2D eigenvalue weighted by molar-refractivity contribution is -0.133. The molecular weight excluding hydrogens is 282 g/mol. The minimum Gasteiger partial charge on any atom is -0.356 e. The van der Waals surface area contributed by atoms with Crippen molar-refractivity contribution in [3.63, 3.8) is 0 Å². The summed E-state index contributed by atoms with van der Waals surface area (Å²) in [5.74, 6) is -0.610. The number of hydrogen-bond donors (Lipinski definition) is 2. The third-order valence-corrected chi connectivity index (χ3v) is 3.26. The number of aryl methyl sites for hydroxylation is 2. The molecule has 0 aliphatic rings. The van der Waals surface area contributed by atoms with Crippen LogP contribution < -0.4 is 10.6 Å². The van der Waals surface area contributed by atoms with Gasteiger partial charge >= 0.3 is 0 Å². The Labute approximate surface area is 130 Å². The Morgan fingerprint density at radius 1 is 1.14 bits per heavy atom. The third kappa shape index (κ3) is 5.55. The average molecular weight is 305 g/mol. The highest BCUT2D eigenvalue weighted by atomic mass is 16.2. The average Bonchev–Trinajstić information content (AvgIpc) is 2.42. The van der Waals surface area contributed by atoms with Crippen molar-refractivity contribution in [1.29, 1.82) is 0 Å². The predicted octanol–water partition coefficient (Wildman–Crippen LogP) is 1.23. The van der Waals surface area contributed by atoms with Crippen molar-refractivity contribution in [3.05, 3.63) is 29.3 Å². The quantitative estimate of drug-likeness (QED) is 0.829. The molecule has 0 saturated heterocycles. The normalized spacial score (nSPS) is 10.0. The van der Waals surface area contributed by atoms with Crippen LogP contribution in [-0.2, 0) is 14.4 Å². The first-order chi connectivity index (χ1) is 10.3. The Bertz CT molecular complexity index is 550. The lowest BCUT2D eigenvalue weighted by Crippen LogP contribution is -2.36. The zero-order chi connectivity index (χ0) is 16.7. The van der Waals surface area contributed by atoms with Crippen molar-refractivity contribution in [2.45, 2.75) is 27.2 Å². The van der Waals surface area contributed by atoms with Crippen LogP contribution in [0.4, 0.5) is 5.69 Å². The van der Waals surface area contributed by atoms with Crippen molar-refractivity contribution in [2.75, 3.05) is 25.5 Å². The molecule has 6 nitrogen and oxygen atoms in total. The molecule has 1 aromatic carbocycles. The van der Waals surface area contributed by atoms with Gasteiger partial charge in [-0.2, -0.15) is 0 Å². The first-order valence-corrected chi connectivity index (χ1v) is 7.15. The smallest absolute Gasteiger partial charge is 0.243 e. The molecule has 1 rings (SSSR count). The largest absolute Gasteiger partial charge is 0.356 e. The van der Waals surface area contributed by atoms with Crippen LogP contribution in [0.5, 0.6) is 0 Å². The van der Waals surface area contributed by atoms with Gasteiger partial charge < -0.3 is 15.5 Å². The molecule has 0 atom stereocenters. The second-order valence-corrected chi connectivity index (χ2v) is 5.30. The standard InChI is InChI=1S/C16H23N3O3/c1-11-6-5-7-12(2)16(11)18-14(21)10-19(4)15(22)8-9-17-13(3)20/h5-7H,8-10H2,1-4H3,(H,17,20)(H,18,21). The number of nitrogens with zero attached hydrogens (tertiary/aromatic N) is 1. The fraction of sp³-hybridized carbons (Fsp3) is 0.438. The number of likely N-dealkylation sites (N-methyl/N-ethyl adjacent to an activating group) is 1. The molecule has 2 N–H and O–H groups in total. The number of hydrogen-bond acceptors (Lipinski definition) is 3. The Hall–Kier alpha value is -2.37. The van der Waals surface area contributed by atoms with Gasteiger partial charge in [0.1, 0.15) is 0 Å². The SMILES string of the molecule is CC(=O)NCCC(=O)N(C)CC(=O)Nc1c(C)cccc1C. The van der Waals surface area contributed by atoms with Gasteiger partial charge in [-0.25, -0.2) is 0 Å². The van der Waals surface area contributed by atoms with Crippen LogP contribution >= 0.6 is 0 Å². The molecule has 0 aliphatic carbocycles. The summed E-state index contributed by atoms with van der Waals surface area (Å²) in [6.45, 7) is 5.49. The van der Waals surface area contributed by atoms with Crippen molar-refractivity contribution in [3.8, 4) is 0 Å². The molecule has 120 valence electrons. The van der Waals surface area contributed by atoms with E-state index < -0.39 is 0 Å². The molecule has 0 fully saturated rings. The predicted molar refractivity (Wildman–Crippen MR) is 85.5 cm³/mol. The molecule has 0 aromatic heterocycles. The molecule has 0 radical (unpaired) electrons. The van der Waals surface area contributed by atoms with Crippen LogP contribution in [-0.4, -0.2) is 42.8 Å². The summed E-state index contributed by atoms with van der Waals surface area (Å²) in [7, 11) is 1.57. The van der Waals surface area contributed by atoms with Gasteiger partial charge in [0, 0.05) is 32.6 Å². The van der Waals surface area contributed by atoms with Gasteiger partial charge in [0.2, 0.25) is 17.7 Å². The minimum atomic E-state index is -0.243.